The third-order valence-electron chi connectivity index (χ3n) is 2.07. The van der Waals surface area contributed by atoms with E-state index in [2.05, 4.69) is 20.9 Å². The summed E-state index contributed by atoms with van der Waals surface area (Å²) in [6, 6.07) is 3.89. The van der Waals surface area contributed by atoms with E-state index in [9.17, 15) is 0 Å². The molecule has 15 heavy (non-hydrogen) atoms. The van der Waals surface area contributed by atoms with Gasteiger partial charge in [0.1, 0.15) is 12.4 Å². The molecular formula is C11H16BrNO2. The first-order valence-electron chi connectivity index (χ1n) is 4.85. The van der Waals surface area contributed by atoms with Gasteiger partial charge in [-0.1, -0.05) is 15.9 Å². The number of alkyl halides is 1. The largest absolute Gasteiger partial charge is 0.489 e. The Hall–Kier alpha value is -0.610. The summed E-state index contributed by atoms with van der Waals surface area (Å²) in [6.07, 6.45) is 0.0921. The molecule has 0 aliphatic heterocycles. The topological polar surface area (TPSA) is 31.4 Å². The van der Waals surface area contributed by atoms with Crippen molar-refractivity contribution in [3.63, 3.8) is 0 Å². The minimum Gasteiger partial charge on any atom is -0.489 e. The highest BCUT2D eigenvalue weighted by Crippen LogP contribution is 2.19. The van der Waals surface area contributed by atoms with Crippen molar-refractivity contribution >= 4 is 15.9 Å². The summed E-state index contributed by atoms with van der Waals surface area (Å²) in [6.45, 7) is 4.48. The van der Waals surface area contributed by atoms with E-state index in [1.807, 2.05) is 26.0 Å². The summed E-state index contributed by atoms with van der Waals surface area (Å²) in [7, 11) is 1.67. The Morgan fingerprint density at radius 3 is 2.80 bits per heavy atom. The van der Waals surface area contributed by atoms with Gasteiger partial charge >= 0.3 is 0 Å². The second-order valence-electron chi connectivity index (χ2n) is 3.39. The van der Waals surface area contributed by atoms with Crippen LogP contribution in [0.15, 0.2) is 12.1 Å². The maximum Gasteiger partial charge on any atom is 0.141 e. The number of aryl methyl sites for hydroxylation is 1. The lowest BCUT2D eigenvalue weighted by Crippen LogP contribution is -2.16. The highest BCUT2D eigenvalue weighted by molar-refractivity contribution is 9.08. The molecule has 84 valence electrons. The second-order valence-corrected chi connectivity index (χ2v) is 3.95. The van der Waals surface area contributed by atoms with Crippen LogP contribution in [-0.4, -0.2) is 24.8 Å². The number of halogens is 1. The summed E-state index contributed by atoms with van der Waals surface area (Å²) in [5.74, 6) is 0.821. The van der Waals surface area contributed by atoms with Crippen LogP contribution in [0.1, 0.15) is 18.3 Å². The van der Waals surface area contributed by atoms with Crippen molar-refractivity contribution in [1.29, 1.82) is 0 Å². The van der Waals surface area contributed by atoms with E-state index >= 15 is 0 Å². The normalized spacial score (nSPS) is 12.5. The predicted octanol–water partition coefficient (Wildman–Crippen LogP) is 2.70. The molecule has 4 heteroatoms. The monoisotopic (exact) mass is 273 g/mol. The quantitative estimate of drug-likeness (QED) is 0.774. The lowest BCUT2D eigenvalue weighted by molar-refractivity contribution is 0.0712. The van der Waals surface area contributed by atoms with Gasteiger partial charge in [0.05, 0.1) is 11.8 Å². The zero-order valence-corrected chi connectivity index (χ0v) is 10.9. The number of rotatable bonds is 5. The van der Waals surface area contributed by atoms with E-state index in [1.54, 1.807) is 7.11 Å². The van der Waals surface area contributed by atoms with Gasteiger partial charge in [-0.3, -0.25) is 4.98 Å². The zero-order valence-electron chi connectivity index (χ0n) is 9.29. The minimum absolute atomic E-state index is 0.0921. The highest BCUT2D eigenvalue weighted by atomic mass is 79.9. The molecule has 0 aliphatic rings. The van der Waals surface area contributed by atoms with Gasteiger partial charge in [0.2, 0.25) is 0 Å². The number of nitrogens with zero attached hydrogens (tertiary/aromatic N) is 1. The van der Waals surface area contributed by atoms with Crippen LogP contribution in [0.3, 0.4) is 0 Å². The van der Waals surface area contributed by atoms with Crippen molar-refractivity contribution < 1.29 is 9.47 Å². The van der Waals surface area contributed by atoms with Crippen molar-refractivity contribution in [2.45, 2.75) is 25.3 Å². The average Bonchev–Trinajstić information content (AvgIpc) is 2.26. The van der Waals surface area contributed by atoms with E-state index in [4.69, 9.17) is 9.47 Å². The van der Waals surface area contributed by atoms with Crippen molar-refractivity contribution in [3.05, 3.63) is 23.5 Å². The van der Waals surface area contributed by atoms with Gasteiger partial charge in [-0.05, 0) is 26.0 Å². The van der Waals surface area contributed by atoms with E-state index in [0.29, 0.717) is 11.9 Å². The van der Waals surface area contributed by atoms with Crippen molar-refractivity contribution in [1.82, 2.24) is 4.98 Å². The molecule has 0 saturated carbocycles. The van der Waals surface area contributed by atoms with Crippen LogP contribution in [0.4, 0.5) is 0 Å². The fourth-order valence-corrected chi connectivity index (χ4v) is 1.50. The third kappa shape index (κ3) is 3.80. The molecule has 0 amide bonds. The first-order chi connectivity index (χ1) is 7.17. The van der Waals surface area contributed by atoms with Gasteiger partial charge in [-0.15, -0.1) is 0 Å². The molecule has 0 saturated heterocycles. The Labute approximate surface area is 98.9 Å². The zero-order chi connectivity index (χ0) is 11.3. The van der Waals surface area contributed by atoms with E-state index in [-0.39, 0.29) is 6.10 Å². The van der Waals surface area contributed by atoms with Crippen LogP contribution < -0.4 is 4.74 Å². The Bertz CT molecular complexity index is 317. The molecule has 1 atom stereocenters. The van der Waals surface area contributed by atoms with Crippen LogP contribution in [0.5, 0.6) is 5.75 Å². The summed E-state index contributed by atoms with van der Waals surface area (Å²) in [5.41, 5.74) is 1.93. The maximum atomic E-state index is 5.62. The molecule has 0 bridgehead atoms. The summed E-state index contributed by atoms with van der Waals surface area (Å²) in [4.78, 5) is 4.38. The summed E-state index contributed by atoms with van der Waals surface area (Å²) in [5, 5.41) is 0.700. The molecule has 3 nitrogen and oxygen atoms in total. The van der Waals surface area contributed by atoms with Crippen LogP contribution in [0, 0.1) is 6.92 Å². The van der Waals surface area contributed by atoms with Crippen molar-refractivity contribution in [2.75, 3.05) is 13.7 Å². The second kappa shape index (κ2) is 6.08. The maximum absolute atomic E-state index is 5.62. The fourth-order valence-electron chi connectivity index (χ4n) is 1.10. The smallest absolute Gasteiger partial charge is 0.141 e. The number of ether oxygens (including phenoxy) is 2. The molecule has 0 aliphatic carbocycles. The summed E-state index contributed by atoms with van der Waals surface area (Å²) < 4.78 is 10.7. The molecule has 0 aromatic carbocycles. The standard InChI is InChI=1S/C11H16BrNO2/c1-8-4-5-11(10(6-12)13-8)15-7-9(2)14-3/h4-5,9H,6-7H2,1-3H3. The molecule has 0 N–H and O–H groups in total. The predicted molar refractivity (Wildman–Crippen MR) is 63.6 cm³/mol. The van der Waals surface area contributed by atoms with Crippen LogP contribution in [0.25, 0.3) is 0 Å². The molecule has 1 heterocycles. The van der Waals surface area contributed by atoms with Gasteiger partial charge in [0.25, 0.3) is 0 Å². The lowest BCUT2D eigenvalue weighted by Gasteiger charge is -2.13. The molecule has 0 radical (unpaired) electrons. The highest BCUT2D eigenvalue weighted by Gasteiger charge is 2.06. The molecule has 0 fully saturated rings. The van der Waals surface area contributed by atoms with Crippen LogP contribution >= 0.6 is 15.9 Å². The average molecular weight is 274 g/mol. The molecule has 0 spiro atoms. The van der Waals surface area contributed by atoms with Crippen LogP contribution in [-0.2, 0) is 10.1 Å². The third-order valence-corrected chi connectivity index (χ3v) is 2.61. The molecular weight excluding hydrogens is 258 g/mol. The Kier molecular flexibility index (Phi) is 5.05. The van der Waals surface area contributed by atoms with E-state index in [1.165, 1.54) is 0 Å². The van der Waals surface area contributed by atoms with Crippen LogP contribution in [0.2, 0.25) is 0 Å². The molecule has 1 aromatic heterocycles. The van der Waals surface area contributed by atoms with Gasteiger partial charge < -0.3 is 9.47 Å². The Morgan fingerprint density at radius 2 is 2.20 bits per heavy atom. The van der Waals surface area contributed by atoms with Gasteiger partial charge in [-0.2, -0.15) is 0 Å². The molecule has 1 aromatic rings. The number of hydrogen-bond donors (Lipinski definition) is 0. The Balaban J connectivity index is 2.67. The van der Waals surface area contributed by atoms with Gasteiger partial charge in [0, 0.05) is 18.1 Å². The van der Waals surface area contributed by atoms with E-state index < -0.39 is 0 Å². The van der Waals surface area contributed by atoms with Gasteiger partial charge in [0.15, 0.2) is 0 Å². The fraction of sp³-hybridized carbons (Fsp3) is 0.545. The number of aromatic nitrogens is 1. The number of pyridine rings is 1. The first kappa shape index (κ1) is 12.5. The van der Waals surface area contributed by atoms with Gasteiger partial charge in [-0.25, -0.2) is 0 Å². The lowest BCUT2D eigenvalue weighted by atomic mass is 10.3. The van der Waals surface area contributed by atoms with Crippen molar-refractivity contribution in [3.8, 4) is 5.75 Å². The van der Waals surface area contributed by atoms with E-state index in [0.717, 1.165) is 17.1 Å². The SMILES string of the molecule is COC(C)COc1ccc(C)nc1CBr. The minimum atomic E-state index is 0.0921. The van der Waals surface area contributed by atoms with Crippen molar-refractivity contribution in [2.24, 2.45) is 0 Å². The number of hydrogen-bond acceptors (Lipinski definition) is 3. The first-order valence-corrected chi connectivity index (χ1v) is 5.97. The Morgan fingerprint density at radius 1 is 1.47 bits per heavy atom. The summed E-state index contributed by atoms with van der Waals surface area (Å²) >= 11 is 3.39. The molecule has 1 unspecified atom stereocenters. The number of methoxy groups -OCH3 is 1. The molecule has 1 rings (SSSR count).